The van der Waals surface area contributed by atoms with Crippen molar-refractivity contribution in [1.29, 1.82) is 0 Å². The summed E-state index contributed by atoms with van der Waals surface area (Å²) in [6.07, 6.45) is -4.80. The number of benzene rings is 3. The van der Waals surface area contributed by atoms with Crippen LogP contribution in [0.15, 0.2) is 82.2 Å². The monoisotopic (exact) mass is 659 g/mol. The van der Waals surface area contributed by atoms with Crippen molar-refractivity contribution >= 4 is 55.1 Å². The summed E-state index contributed by atoms with van der Waals surface area (Å²) in [4.78, 5) is 27.4. The van der Waals surface area contributed by atoms with Crippen molar-refractivity contribution in [1.82, 2.24) is 10.2 Å². The van der Waals surface area contributed by atoms with Gasteiger partial charge in [-0.3, -0.25) is 13.9 Å². The molecule has 1 N–H and O–H groups in total. The highest BCUT2D eigenvalue weighted by Crippen LogP contribution is 2.37. The molecule has 0 saturated carbocycles. The highest BCUT2D eigenvalue weighted by Gasteiger charge is 2.36. The number of carbonyl (C=O) groups excluding carboxylic acids is 2. The van der Waals surface area contributed by atoms with Crippen LogP contribution in [0.5, 0.6) is 0 Å². The minimum atomic E-state index is -4.80. The van der Waals surface area contributed by atoms with Gasteiger partial charge in [-0.15, -0.1) is 0 Å². The first-order valence-electron chi connectivity index (χ1n) is 12.0. The molecule has 0 aliphatic rings. The maximum atomic E-state index is 13.8. The van der Waals surface area contributed by atoms with Gasteiger partial charge in [0.1, 0.15) is 12.6 Å². The Bertz CT molecular complexity index is 1460. The number of carbonyl (C=O) groups is 2. The summed E-state index contributed by atoms with van der Waals surface area (Å²) in [5, 5.41) is 2.32. The fourth-order valence-electron chi connectivity index (χ4n) is 3.80. The van der Waals surface area contributed by atoms with Crippen LogP contribution in [0.25, 0.3) is 0 Å². The first-order chi connectivity index (χ1) is 18.8. The molecule has 3 aromatic rings. The Hall–Kier alpha value is -3.09. The van der Waals surface area contributed by atoms with Crippen LogP contribution in [0.1, 0.15) is 25.0 Å². The van der Waals surface area contributed by atoms with E-state index in [0.29, 0.717) is 15.9 Å². The molecule has 0 spiro atoms. The van der Waals surface area contributed by atoms with E-state index in [1.54, 1.807) is 37.3 Å². The normalized spacial score (nSPS) is 12.5. The Kier molecular flexibility index (Phi) is 10.3. The van der Waals surface area contributed by atoms with Crippen molar-refractivity contribution in [3.8, 4) is 0 Å². The maximum Gasteiger partial charge on any atom is 0.416 e. The van der Waals surface area contributed by atoms with E-state index in [9.17, 15) is 31.2 Å². The first kappa shape index (κ1) is 31.4. The number of nitrogens with one attached hydrogen (secondary N) is 1. The third-order valence-corrected chi connectivity index (χ3v) is 8.56. The Balaban J connectivity index is 2.12. The molecular formula is C27H26BrClF3N3O4S. The van der Waals surface area contributed by atoms with Crippen molar-refractivity contribution < 1.29 is 31.2 Å². The molecule has 40 heavy (non-hydrogen) atoms. The standard InChI is InChI=1S/C27H26BrClF3N3O4S/c1-3-33-26(37)18(2)34(16-19-9-12-21(28)13-10-19)25(36)17-35(40(38,39)22-7-5-4-6-8-22)24-15-20(27(30,31)32)11-14-23(24)29/h4-15,18H,3,16-17H2,1-2H3,(H,33,37)/t18-/m0/s1. The number of halogens is 5. The van der Waals surface area contributed by atoms with Gasteiger partial charge < -0.3 is 10.2 Å². The lowest BCUT2D eigenvalue weighted by molar-refractivity contribution is -0.139. The summed E-state index contributed by atoms with van der Waals surface area (Å²) >= 11 is 9.56. The van der Waals surface area contributed by atoms with Gasteiger partial charge in [0.15, 0.2) is 0 Å². The summed E-state index contributed by atoms with van der Waals surface area (Å²) in [7, 11) is -4.57. The molecule has 2 amide bonds. The molecule has 0 aliphatic carbocycles. The van der Waals surface area contributed by atoms with Crippen LogP contribution < -0.4 is 9.62 Å². The number of hydrogen-bond acceptors (Lipinski definition) is 4. The Morgan fingerprint density at radius 3 is 2.23 bits per heavy atom. The molecule has 0 saturated heterocycles. The van der Waals surface area contributed by atoms with E-state index in [-0.39, 0.29) is 23.0 Å². The minimum absolute atomic E-state index is 0.0695. The largest absolute Gasteiger partial charge is 0.416 e. The third kappa shape index (κ3) is 7.55. The molecule has 0 unspecified atom stereocenters. The second kappa shape index (κ2) is 13.0. The number of hydrogen-bond donors (Lipinski definition) is 1. The number of likely N-dealkylation sites (N-methyl/N-ethyl adjacent to an activating group) is 1. The highest BCUT2D eigenvalue weighted by atomic mass is 79.9. The Labute approximate surface area is 244 Å². The van der Waals surface area contributed by atoms with Crippen molar-refractivity contribution in [3.05, 3.63) is 93.4 Å². The molecule has 3 aromatic carbocycles. The average Bonchev–Trinajstić information content (AvgIpc) is 2.91. The Morgan fingerprint density at radius 1 is 1.02 bits per heavy atom. The number of alkyl halides is 3. The summed E-state index contributed by atoms with van der Waals surface area (Å²) < 4.78 is 69.5. The summed E-state index contributed by atoms with van der Waals surface area (Å²) in [6.45, 7) is 2.49. The fourth-order valence-corrected chi connectivity index (χ4v) is 5.78. The van der Waals surface area contributed by atoms with E-state index in [0.717, 1.165) is 16.6 Å². The van der Waals surface area contributed by atoms with Crippen LogP contribution in [0, 0.1) is 0 Å². The predicted octanol–water partition coefficient (Wildman–Crippen LogP) is 5.87. The van der Waals surface area contributed by atoms with Crippen molar-refractivity contribution in [2.75, 3.05) is 17.4 Å². The van der Waals surface area contributed by atoms with Gasteiger partial charge in [-0.05, 0) is 61.9 Å². The van der Waals surface area contributed by atoms with E-state index in [1.165, 1.54) is 36.1 Å². The van der Waals surface area contributed by atoms with E-state index in [1.807, 2.05) is 0 Å². The maximum absolute atomic E-state index is 13.8. The van der Waals surface area contributed by atoms with Crippen molar-refractivity contribution in [2.45, 2.75) is 37.5 Å². The van der Waals surface area contributed by atoms with Crippen LogP contribution in [0.4, 0.5) is 18.9 Å². The van der Waals surface area contributed by atoms with Crippen LogP contribution >= 0.6 is 27.5 Å². The van der Waals surface area contributed by atoms with Gasteiger partial charge in [-0.2, -0.15) is 13.2 Å². The molecule has 214 valence electrons. The molecule has 0 radical (unpaired) electrons. The third-order valence-electron chi connectivity index (χ3n) is 5.94. The van der Waals surface area contributed by atoms with E-state index >= 15 is 0 Å². The highest BCUT2D eigenvalue weighted by molar-refractivity contribution is 9.10. The molecule has 0 fully saturated rings. The second-order valence-corrected chi connectivity index (χ2v) is 11.9. The number of nitrogens with zero attached hydrogens (tertiary/aromatic N) is 2. The summed E-state index contributed by atoms with van der Waals surface area (Å²) in [5.74, 6) is -1.31. The molecule has 13 heteroatoms. The van der Waals surface area contributed by atoms with Gasteiger partial charge in [-0.25, -0.2) is 8.42 Å². The molecule has 7 nitrogen and oxygen atoms in total. The number of sulfonamides is 1. The SMILES string of the molecule is CCNC(=O)[C@H](C)N(Cc1ccc(Br)cc1)C(=O)CN(c1cc(C(F)(F)F)ccc1Cl)S(=O)(=O)c1ccccc1. The van der Waals surface area contributed by atoms with Crippen LogP contribution in [-0.4, -0.2) is 44.3 Å². The van der Waals surface area contributed by atoms with E-state index < -0.39 is 51.9 Å². The molecule has 1 atom stereocenters. The van der Waals surface area contributed by atoms with Gasteiger partial charge in [-0.1, -0.05) is 57.9 Å². The zero-order valence-corrected chi connectivity index (χ0v) is 24.6. The summed E-state index contributed by atoms with van der Waals surface area (Å²) in [5.41, 5.74) is -1.03. The minimum Gasteiger partial charge on any atom is -0.355 e. The molecule has 0 bridgehead atoms. The molecular weight excluding hydrogens is 635 g/mol. The van der Waals surface area contributed by atoms with E-state index in [2.05, 4.69) is 21.2 Å². The smallest absolute Gasteiger partial charge is 0.355 e. The van der Waals surface area contributed by atoms with Gasteiger partial charge in [0.25, 0.3) is 10.0 Å². The zero-order chi connectivity index (χ0) is 29.7. The molecule has 0 aromatic heterocycles. The molecule has 3 rings (SSSR count). The molecule has 0 aliphatic heterocycles. The van der Waals surface area contributed by atoms with Gasteiger partial charge in [0, 0.05) is 17.6 Å². The van der Waals surface area contributed by atoms with Crippen LogP contribution in [0.3, 0.4) is 0 Å². The lowest BCUT2D eigenvalue weighted by Crippen LogP contribution is -2.51. The van der Waals surface area contributed by atoms with E-state index in [4.69, 9.17) is 11.6 Å². The zero-order valence-electron chi connectivity index (χ0n) is 21.5. The number of rotatable bonds is 10. The summed E-state index contributed by atoms with van der Waals surface area (Å²) in [6, 6.07) is 15.1. The Morgan fingerprint density at radius 2 is 1.65 bits per heavy atom. The first-order valence-corrected chi connectivity index (χ1v) is 14.6. The second-order valence-electron chi connectivity index (χ2n) is 8.71. The lowest BCUT2D eigenvalue weighted by atomic mass is 10.1. The number of amides is 2. The van der Waals surface area contributed by atoms with Crippen LogP contribution in [-0.2, 0) is 32.3 Å². The van der Waals surface area contributed by atoms with Gasteiger partial charge in [0.05, 0.1) is 21.2 Å². The number of anilines is 1. The topological polar surface area (TPSA) is 86.8 Å². The van der Waals surface area contributed by atoms with Crippen molar-refractivity contribution in [3.63, 3.8) is 0 Å². The predicted molar refractivity (Wildman–Crippen MR) is 150 cm³/mol. The van der Waals surface area contributed by atoms with Crippen molar-refractivity contribution in [2.24, 2.45) is 0 Å². The fraction of sp³-hybridized carbons (Fsp3) is 0.259. The quantitative estimate of drug-likeness (QED) is 0.295. The van der Waals surface area contributed by atoms with Crippen LogP contribution in [0.2, 0.25) is 5.02 Å². The van der Waals surface area contributed by atoms with Gasteiger partial charge in [0.2, 0.25) is 11.8 Å². The lowest BCUT2D eigenvalue weighted by Gasteiger charge is -2.32. The van der Waals surface area contributed by atoms with Gasteiger partial charge >= 0.3 is 6.18 Å². The average molecular weight is 661 g/mol. The molecule has 0 heterocycles.